The lowest BCUT2D eigenvalue weighted by molar-refractivity contribution is -0.181. The van der Waals surface area contributed by atoms with Gasteiger partial charge in [0.15, 0.2) is 0 Å². The minimum absolute atomic E-state index is 0.106. The van der Waals surface area contributed by atoms with Gasteiger partial charge in [-0.1, -0.05) is 30.2 Å². The summed E-state index contributed by atoms with van der Waals surface area (Å²) in [6.45, 7) is 11.0. The highest BCUT2D eigenvalue weighted by molar-refractivity contribution is 6.12. The van der Waals surface area contributed by atoms with Crippen LogP contribution in [0.25, 0.3) is 6.08 Å². The maximum absolute atomic E-state index is 13.3. The number of aliphatic imine (C=N–C) groups is 1. The van der Waals surface area contributed by atoms with E-state index < -0.39 is 17.9 Å². The predicted molar refractivity (Wildman–Crippen MR) is 243 cm³/mol. The molecule has 24 nitrogen and oxygen atoms in total. The monoisotopic (exact) mass is 967 g/mol. The van der Waals surface area contributed by atoms with Crippen molar-refractivity contribution in [3.05, 3.63) is 47.6 Å². The zero-order chi connectivity index (χ0) is 48.7. The highest BCUT2D eigenvalue weighted by Crippen LogP contribution is 2.26. The van der Waals surface area contributed by atoms with E-state index in [1.807, 2.05) is 31.2 Å². The van der Waals surface area contributed by atoms with Crippen LogP contribution in [0.2, 0.25) is 0 Å². The zero-order valence-corrected chi connectivity index (χ0v) is 39.0. The van der Waals surface area contributed by atoms with Crippen molar-refractivity contribution in [3.8, 4) is 0 Å². The second kappa shape index (κ2) is 37.8. The maximum atomic E-state index is 13.3. The molecular formula is C44H69N7O17. The number of para-hydroxylation sites is 1. The zero-order valence-electron chi connectivity index (χ0n) is 39.0. The molecule has 382 valence electrons. The number of hydrogen-bond acceptors (Lipinski definition) is 19. The highest BCUT2D eigenvalue weighted by Gasteiger charge is 2.28. The van der Waals surface area contributed by atoms with Gasteiger partial charge in [0.25, 0.3) is 17.7 Å². The number of hydrogen-bond donors (Lipinski definition) is 4. The predicted octanol–water partition coefficient (Wildman–Crippen LogP) is 0.664. The largest absolute Gasteiger partial charge is 0.432 e. The summed E-state index contributed by atoms with van der Waals surface area (Å²) in [5.41, 5.74) is 8.06. The first-order valence-corrected chi connectivity index (χ1v) is 22.7. The summed E-state index contributed by atoms with van der Waals surface area (Å²) < 4.78 is 54.6. The highest BCUT2D eigenvalue weighted by atomic mass is 16.7. The van der Waals surface area contributed by atoms with Crippen molar-refractivity contribution in [3.63, 3.8) is 0 Å². The van der Waals surface area contributed by atoms with Gasteiger partial charge in [-0.3, -0.25) is 19.2 Å². The SMILES string of the molecule is CCCN(OCCNC(=O)NCCOCCOCCOCCOCCOCCOCCOCCOCCOCCOCCNC(=O)ON1C(=O)C=CC1=O)C(=O)C1=Cc2ccccc2N=C(N)C1. The van der Waals surface area contributed by atoms with Crippen LogP contribution in [0, 0.1) is 0 Å². The van der Waals surface area contributed by atoms with E-state index in [-0.39, 0.29) is 44.7 Å². The third-order valence-corrected chi connectivity index (χ3v) is 8.80. The van der Waals surface area contributed by atoms with E-state index in [4.69, 9.17) is 57.9 Å². The van der Waals surface area contributed by atoms with Crippen LogP contribution in [0.15, 0.2) is 47.0 Å². The first kappa shape index (κ1) is 57.2. The lowest BCUT2D eigenvalue weighted by Crippen LogP contribution is -2.41. The molecule has 1 aromatic carbocycles. The number of ether oxygens (including phenoxy) is 10. The van der Waals surface area contributed by atoms with Crippen molar-refractivity contribution in [1.82, 2.24) is 26.1 Å². The molecular weight excluding hydrogens is 899 g/mol. The van der Waals surface area contributed by atoms with Crippen molar-refractivity contribution in [2.45, 2.75) is 19.8 Å². The van der Waals surface area contributed by atoms with Gasteiger partial charge in [-0.05, 0) is 18.6 Å². The molecule has 6 amide bonds. The van der Waals surface area contributed by atoms with Crippen molar-refractivity contribution in [2.75, 3.05) is 165 Å². The maximum Gasteiger partial charge on any atom is 0.432 e. The van der Waals surface area contributed by atoms with E-state index in [1.54, 1.807) is 6.08 Å². The molecule has 0 saturated heterocycles. The number of hydroxylamine groups is 4. The van der Waals surface area contributed by atoms with E-state index in [0.29, 0.717) is 167 Å². The van der Waals surface area contributed by atoms with Crippen LogP contribution >= 0.6 is 0 Å². The molecule has 0 saturated carbocycles. The molecule has 0 radical (unpaired) electrons. The van der Waals surface area contributed by atoms with Crippen LogP contribution in [-0.4, -0.2) is 211 Å². The summed E-state index contributed by atoms with van der Waals surface area (Å²) in [5.74, 6) is -1.38. The number of benzene rings is 1. The Labute approximate surface area is 396 Å². The number of carbonyl (C=O) groups excluding carboxylic acids is 5. The Balaban J connectivity index is 0.958. The number of amides is 6. The van der Waals surface area contributed by atoms with Gasteiger partial charge in [0, 0.05) is 55.9 Å². The Morgan fingerprint density at radius 2 is 1.01 bits per heavy atom. The molecule has 0 bridgehead atoms. The smallest absolute Gasteiger partial charge is 0.387 e. The quantitative estimate of drug-likeness (QED) is 0.0399. The molecule has 0 aliphatic carbocycles. The third kappa shape index (κ3) is 27.0. The normalized spacial score (nSPS) is 13.2. The fourth-order valence-corrected chi connectivity index (χ4v) is 5.58. The molecule has 3 rings (SSSR count). The fourth-order valence-electron chi connectivity index (χ4n) is 5.58. The number of nitrogens with one attached hydrogen (secondary N) is 3. The number of nitrogens with two attached hydrogens (primary N) is 1. The molecule has 0 unspecified atom stereocenters. The van der Waals surface area contributed by atoms with Crippen molar-refractivity contribution in [2.24, 2.45) is 10.7 Å². The summed E-state index contributed by atoms with van der Waals surface area (Å²) >= 11 is 0. The lowest BCUT2D eigenvalue weighted by atomic mass is 10.1. The molecule has 2 aliphatic rings. The molecule has 24 heteroatoms. The first-order chi connectivity index (χ1) is 33.3. The van der Waals surface area contributed by atoms with Crippen LogP contribution in [-0.2, 0) is 71.4 Å². The Hall–Kier alpha value is -5.12. The van der Waals surface area contributed by atoms with Crippen LogP contribution < -0.4 is 21.7 Å². The molecule has 0 aromatic heterocycles. The van der Waals surface area contributed by atoms with Crippen molar-refractivity contribution >= 4 is 47.4 Å². The van der Waals surface area contributed by atoms with Gasteiger partial charge in [-0.2, -0.15) is 0 Å². The Kier molecular flexibility index (Phi) is 31.8. The number of nitrogens with zero attached hydrogens (tertiary/aromatic N) is 3. The van der Waals surface area contributed by atoms with Gasteiger partial charge < -0.3 is 73.9 Å². The standard InChI is InChI=1S/C44H69N7O17/c1-2-12-50(42(54)37-34-36-5-3-4-6-38(36)49-39(45)35-37)67-15-11-47-43(55)46-9-13-57-16-18-59-20-22-61-24-26-63-28-30-65-32-33-66-31-29-64-27-25-62-23-21-60-19-17-58-14-10-48-44(56)68-51-40(52)7-8-41(51)53/h3-8,34H,2,9-33,35H2,1H3,(H2,45,49)(H,48,56)(H2,46,47,55). The number of carbonyl (C=O) groups is 5. The average molecular weight is 968 g/mol. The Morgan fingerprint density at radius 1 is 0.603 bits per heavy atom. The molecule has 68 heavy (non-hydrogen) atoms. The minimum atomic E-state index is -0.935. The van der Waals surface area contributed by atoms with E-state index in [0.717, 1.165) is 17.7 Å². The molecule has 5 N–H and O–H groups in total. The number of imide groups is 1. The van der Waals surface area contributed by atoms with Crippen LogP contribution in [0.4, 0.5) is 15.3 Å². The van der Waals surface area contributed by atoms with E-state index in [2.05, 4.69) is 25.8 Å². The van der Waals surface area contributed by atoms with Crippen molar-refractivity contribution in [1.29, 1.82) is 0 Å². The lowest BCUT2D eigenvalue weighted by Gasteiger charge is -2.22. The minimum Gasteiger partial charge on any atom is -0.387 e. The van der Waals surface area contributed by atoms with E-state index in [1.165, 1.54) is 5.06 Å². The van der Waals surface area contributed by atoms with Gasteiger partial charge >= 0.3 is 12.1 Å². The van der Waals surface area contributed by atoms with Crippen molar-refractivity contribution < 1.29 is 81.0 Å². The number of amidine groups is 1. The van der Waals surface area contributed by atoms with Gasteiger partial charge in [-0.25, -0.2) is 19.6 Å². The summed E-state index contributed by atoms with van der Waals surface area (Å²) in [4.78, 5) is 74.4. The molecule has 0 spiro atoms. The number of fused-ring (bicyclic) bond motifs is 1. The number of rotatable bonds is 41. The van der Waals surface area contributed by atoms with Crippen LogP contribution in [0.5, 0.6) is 0 Å². The van der Waals surface area contributed by atoms with Crippen LogP contribution in [0.1, 0.15) is 25.3 Å². The van der Waals surface area contributed by atoms with Crippen LogP contribution in [0.3, 0.4) is 0 Å². The third-order valence-electron chi connectivity index (χ3n) is 8.80. The first-order valence-electron chi connectivity index (χ1n) is 22.7. The van der Waals surface area contributed by atoms with Gasteiger partial charge in [0.1, 0.15) is 5.84 Å². The fraction of sp³-hybridized carbons (Fsp3) is 0.636. The second-order valence-electron chi connectivity index (χ2n) is 14.2. The molecule has 0 atom stereocenters. The molecule has 2 heterocycles. The molecule has 1 aromatic rings. The average Bonchev–Trinajstić information content (AvgIpc) is 3.53. The Bertz CT molecular complexity index is 1680. The number of urea groups is 1. The second-order valence-corrected chi connectivity index (χ2v) is 14.2. The summed E-state index contributed by atoms with van der Waals surface area (Å²) in [5, 5.41) is 9.45. The van der Waals surface area contributed by atoms with Gasteiger partial charge in [0.05, 0.1) is 144 Å². The summed E-state index contributed by atoms with van der Waals surface area (Å²) in [6.07, 6.45) is 3.76. The van der Waals surface area contributed by atoms with Gasteiger partial charge in [0.2, 0.25) is 0 Å². The van der Waals surface area contributed by atoms with E-state index in [9.17, 15) is 24.0 Å². The van der Waals surface area contributed by atoms with E-state index >= 15 is 0 Å². The topological polar surface area (TPSA) is 277 Å². The molecule has 0 fully saturated rings. The Morgan fingerprint density at radius 3 is 1.47 bits per heavy atom. The summed E-state index contributed by atoms with van der Waals surface area (Å²) in [7, 11) is 0. The van der Waals surface area contributed by atoms with Gasteiger partial charge in [-0.15, -0.1) is 0 Å². The molecule has 2 aliphatic heterocycles. The summed E-state index contributed by atoms with van der Waals surface area (Å²) in [6, 6.07) is 7.10.